The van der Waals surface area contributed by atoms with E-state index in [0.717, 1.165) is 19.6 Å². The van der Waals surface area contributed by atoms with Crippen LogP contribution in [-0.4, -0.2) is 20.3 Å². The highest BCUT2D eigenvalue weighted by Crippen LogP contribution is 2.19. The summed E-state index contributed by atoms with van der Waals surface area (Å²) in [6.07, 6.45) is 1.13. The summed E-state index contributed by atoms with van der Waals surface area (Å²) in [5.74, 6) is 1.29. The molecule has 0 heterocycles. The quantitative estimate of drug-likeness (QED) is 0.712. The van der Waals surface area contributed by atoms with E-state index in [0.29, 0.717) is 11.8 Å². The van der Waals surface area contributed by atoms with Crippen LogP contribution in [0.5, 0.6) is 0 Å². The minimum atomic E-state index is 0.286. The van der Waals surface area contributed by atoms with Gasteiger partial charge in [-0.15, -0.1) is 0 Å². The normalized spacial score (nSPS) is 13.2. The zero-order chi connectivity index (χ0) is 14.3. The van der Waals surface area contributed by atoms with Gasteiger partial charge in [-0.05, 0) is 36.4 Å². The summed E-state index contributed by atoms with van der Waals surface area (Å²) in [4.78, 5) is 0. The summed E-state index contributed by atoms with van der Waals surface area (Å²) in [7, 11) is 1.99. The summed E-state index contributed by atoms with van der Waals surface area (Å²) in [6.45, 7) is 10.5. The first-order valence-corrected chi connectivity index (χ1v) is 7.39. The first kappa shape index (κ1) is 16.2. The molecule has 2 heteroatoms. The van der Waals surface area contributed by atoms with Gasteiger partial charge in [0.2, 0.25) is 0 Å². The Kier molecular flexibility index (Phi) is 7.11. The molecular formula is C17H29NO. The van der Waals surface area contributed by atoms with Gasteiger partial charge in [0.05, 0.1) is 12.6 Å². The number of nitrogens with one attached hydrogen (secondary N) is 1. The molecule has 0 saturated carbocycles. The largest absolute Gasteiger partial charge is 0.379 e. The molecule has 0 aliphatic heterocycles. The monoisotopic (exact) mass is 263 g/mol. The Balaban J connectivity index is 2.49. The van der Waals surface area contributed by atoms with E-state index in [2.05, 4.69) is 57.3 Å². The fourth-order valence-corrected chi connectivity index (χ4v) is 1.98. The molecule has 1 aromatic carbocycles. The van der Waals surface area contributed by atoms with Crippen molar-refractivity contribution in [1.29, 1.82) is 0 Å². The van der Waals surface area contributed by atoms with Gasteiger partial charge in [-0.25, -0.2) is 0 Å². The van der Waals surface area contributed by atoms with Crippen molar-refractivity contribution in [2.45, 2.75) is 46.1 Å². The smallest absolute Gasteiger partial charge is 0.0661 e. The van der Waals surface area contributed by atoms with Crippen molar-refractivity contribution in [3.05, 3.63) is 35.4 Å². The van der Waals surface area contributed by atoms with Crippen LogP contribution in [0.2, 0.25) is 0 Å². The van der Waals surface area contributed by atoms with Crippen molar-refractivity contribution in [2.24, 2.45) is 5.92 Å². The molecule has 0 aliphatic rings. The predicted octanol–water partition coefficient (Wildman–Crippen LogP) is 4.13. The molecule has 2 nitrogen and oxygen atoms in total. The summed E-state index contributed by atoms with van der Waals surface area (Å²) in [5.41, 5.74) is 2.69. The Morgan fingerprint density at radius 1 is 1.00 bits per heavy atom. The van der Waals surface area contributed by atoms with Crippen LogP contribution in [0.3, 0.4) is 0 Å². The molecule has 19 heavy (non-hydrogen) atoms. The SMILES string of the molecule is CNC(COCCC(C)C)c1ccc(C(C)C)cc1. The number of benzene rings is 1. The zero-order valence-corrected chi connectivity index (χ0v) is 13.1. The molecule has 0 saturated heterocycles. The van der Waals surface area contributed by atoms with Crippen LogP contribution in [0.4, 0.5) is 0 Å². The molecule has 0 radical (unpaired) electrons. The fourth-order valence-electron chi connectivity index (χ4n) is 1.98. The van der Waals surface area contributed by atoms with Crippen LogP contribution in [0.15, 0.2) is 24.3 Å². The molecule has 1 aromatic rings. The highest BCUT2D eigenvalue weighted by Gasteiger charge is 2.10. The first-order valence-electron chi connectivity index (χ1n) is 7.39. The summed E-state index contributed by atoms with van der Waals surface area (Å²) < 4.78 is 5.77. The van der Waals surface area contributed by atoms with Gasteiger partial charge < -0.3 is 10.1 Å². The van der Waals surface area contributed by atoms with Gasteiger partial charge in [0.25, 0.3) is 0 Å². The minimum absolute atomic E-state index is 0.286. The van der Waals surface area contributed by atoms with Gasteiger partial charge in [0.1, 0.15) is 0 Å². The zero-order valence-electron chi connectivity index (χ0n) is 13.1. The molecule has 1 atom stereocenters. The number of hydrogen-bond acceptors (Lipinski definition) is 2. The predicted molar refractivity (Wildman–Crippen MR) is 82.6 cm³/mol. The molecule has 0 spiro atoms. The third kappa shape index (κ3) is 5.75. The average Bonchev–Trinajstić information content (AvgIpc) is 2.39. The van der Waals surface area contributed by atoms with E-state index in [1.54, 1.807) is 0 Å². The average molecular weight is 263 g/mol. The van der Waals surface area contributed by atoms with E-state index in [1.165, 1.54) is 11.1 Å². The maximum absolute atomic E-state index is 5.77. The van der Waals surface area contributed by atoms with Gasteiger partial charge in [0.15, 0.2) is 0 Å². The number of rotatable bonds is 8. The lowest BCUT2D eigenvalue weighted by Gasteiger charge is -2.18. The Morgan fingerprint density at radius 2 is 1.58 bits per heavy atom. The van der Waals surface area contributed by atoms with Gasteiger partial charge >= 0.3 is 0 Å². The van der Waals surface area contributed by atoms with Gasteiger partial charge in [0, 0.05) is 6.61 Å². The van der Waals surface area contributed by atoms with E-state index in [1.807, 2.05) is 7.05 Å². The Hall–Kier alpha value is -0.860. The van der Waals surface area contributed by atoms with Crippen molar-refractivity contribution in [3.63, 3.8) is 0 Å². The van der Waals surface area contributed by atoms with Crippen molar-refractivity contribution in [2.75, 3.05) is 20.3 Å². The summed E-state index contributed by atoms with van der Waals surface area (Å²) >= 11 is 0. The maximum Gasteiger partial charge on any atom is 0.0661 e. The van der Waals surface area contributed by atoms with E-state index >= 15 is 0 Å². The standard InChI is InChI=1S/C17H29NO/c1-13(2)10-11-19-12-17(18-5)16-8-6-15(7-9-16)14(3)4/h6-9,13-14,17-18H,10-12H2,1-5H3. The topological polar surface area (TPSA) is 21.3 Å². The second kappa shape index (κ2) is 8.34. The van der Waals surface area contributed by atoms with Crippen molar-refractivity contribution >= 4 is 0 Å². The molecular weight excluding hydrogens is 234 g/mol. The number of hydrogen-bond donors (Lipinski definition) is 1. The van der Waals surface area contributed by atoms with Crippen LogP contribution in [0, 0.1) is 5.92 Å². The first-order chi connectivity index (χ1) is 9.04. The van der Waals surface area contributed by atoms with Gasteiger partial charge in [-0.2, -0.15) is 0 Å². The molecule has 1 rings (SSSR count). The highest BCUT2D eigenvalue weighted by atomic mass is 16.5. The maximum atomic E-state index is 5.77. The molecule has 0 bridgehead atoms. The van der Waals surface area contributed by atoms with Crippen molar-refractivity contribution < 1.29 is 4.74 Å². The van der Waals surface area contributed by atoms with Crippen LogP contribution >= 0.6 is 0 Å². The molecule has 0 fully saturated rings. The van der Waals surface area contributed by atoms with E-state index < -0.39 is 0 Å². The van der Waals surface area contributed by atoms with Crippen LogP contribution in [-0.2, 0) is 4.74 Å². The van der Waals surface area contributed by atoms with Crippen LogP contribution in [0.25, 0.3) is 0 Å². The van der Waals surface area contributed by atoms with Crippen LogP contribution in [0.1, 0.15) is 57.2 Å². The van der Waals surface area contributed by atoms with Gasteiger partial charge in [-0.3, -0.25) is 0 Å². The third-order valence-electron chi connectivity index (χ3n) is 3.48. The second-order valence-electron chi connectivity index (χ2n) is 5.92. The lowest BCUT2D eigenvalue weighted by Crippen LogP contribution is -2.22. The highest BCUT2D eigenvalue weighted by molar-refractivity contribution is 5.26. The second-order valence-corrected chi connectivity index (χ2v) is 5.92. The van der Waals surface area contributed by atoms with Gasteiger partial charge in [-0.1, -0.05) is 52.0 Å². The third-order valence-corrected chi connectivity index (χ3v) is 3.48. The Bertz CT molecular complexity index is 343. The molecule has 1 unspecified atom stereocenters. The number of likely N-dealkylation sites (N-methyl/N-ethyl adjacent to an activating group) is 1. The van der Waals surface area contributed by atoms with E-state index in [-0.39, 0.29) is 6.04 Å². The lowest BCUT2D eigenvalue weighted by atomic mass is 9.99. The van der Waals surface area contributed by atoms with E-state index in [4.69, 9.17) is 4.74 Å². The summed E-state index contributed by atoms with van der Waals surface area (Å²) in [5, 5.41) is 3.33. The lowest BCUT2D eigenvalue weighted by molar-refractivity contribution is 0.104. The molecule has 0 aromatic heterocycles. The van der Waals surface area contributed by atoms with Crippen LogP contribution < -0.4 is 5.32 Å². The molecule has 0 amide bonds. The van der Waals surface area contributed by atoms with E-state index in [9.17, 15) is 0 Å². The minimum Gasteiger partial charge on any atom is -0.379 e. The Labute approximate surface area is 118 Å². The van der Waals surface area contributed by atoms with Crippen molar-refractivity contribution in [3.8, 4) is 0 Å². The molecule has 108 valence electrons. The molecule has 0 aliphatic carbocycles. The fraction of sp³-hybridized carbons (Fsp3) is 0.647. The van der Waals surface area contributed by atoms with Crippen molar-refractivity contribution in [1.82, 2.24) is 5.32 Å². The Morgan fingerprint density at radius 3 is 2.05 bits per heavy atom. The summed E-state index contributed by atoms with van der Waals surface area (Å²) in [6, 6.07) is 9.15. The number of ether oxygens (including phenoxy) is 1. The molecule has 1 N–H and O–H groups in total.